The second kappa shape index (κ2) is 8.34. The average molecular weight is 430 g/mol. The molecule has 0 radical (unpaired) electrons. The molecule has 0 unspecified atom stereocenters. The van der Waals surface area contributed by atoms with Gasteiger partial charge in [0.2, 0.25) is 0 Å². The lowest BCUT2D eigenvalue weighted by Gasteiger charge is -2.10. The van der Waals surface area contributed by atoms with Gasteiger partial charge in [-0.3, -0.25) is 0 Å². The summed E-state index contributed by atoms with van der Waals surface area (Å²) in [5, 5.41) is 9.93. The van der Waals surface area contributed by atoms with Crippen molar-refractivity contribution < 1.29 is 40.0 Å². The number of fused-ring (bicyclic) bond motifs is 1. The third-order valence-corrected chi connectivity index (χ3v) is 5.08. The topological polar surface area (TPSA) is 86.0 Å². The summed E-state index contributed by atoms with van der Waals surface area (Å²) >= 11 is 0. The third kappa shape index (κ3) is 5.88. The highest BCUT2D eigenvalue weighted by molar-refractivity contribution is 7.87. The van der Waals surface area contributed by atoms with Gasteiger partial charge in [0.05, 0.1) is 5.75 Å². The van der Waals surface area contributed by atoms with Crippen molar-refractivity contribution in [3.63, 3.8) is 0 Å². The Balaban J connectivity index is 1.65. The Labute approximate surface area is 164 Å². The summed E-state index contributed by atoms with van der Waals surface area (Å²) in [6.45, 7) is -0.252. The zero-order valence-corrected chi connectivity index (χ0v) is 15.8. The maximum atomic E-state index is 12.1. The molecule has 10 heteroatoms. The van der Waals surface area contributed by atoms with E-state index >= 15 is 0 Å². The molecule has 3 aromatic rings. The Bertz CT molecular complexity index is 1070. The first-order chi connectivity index (χ1) is 13.6. The van der Waals surface area contributed by atoms with Crippen molar-refractivity contribution in [3.05, 3.63) is 54.3 Å². The van der Waals surface area contributed by atoms with Crippen LogP contribution < -0.4 is 8.92 Å². The first-order valence-corrected chi connectivity index (χ1v) is 10.1. The van der Waals surface area contributed by atoms with E-state index in [9.17, 15) is 26.7 Å². The molecule has 3 rings (SSSR count). The SMILES string of the molecule is O=S(=O)(CCCC(F)(F)F)Oc1ccc(Oc2cccc3cc(CO)oc23)cc1. The highest BCUT2D eigenvalue weighted by Gasteiger charge is 2.27. The maximum absolute atomic E-state index is 12.1. The van der Waals surface area contributed by atoms with Gasteiger partial charge in [0.15, 0.2) is 11.3 Å². The van der Waals surface area contributed by atoms with E-state index < -0.39 is 34.9 Å². The second-order valence-electron chi connectivity index (χ2n) is 6.18. The lowest BCUT2D eigenvalue weighted by molar-refractivity contribution is -0.134. The number of hydrogen-bond acceptors (Lipinski definition) is 6. The van der Waals surface area contributed by atoms with Crippen molar-refractivity contribution in [2.24, 2.45) is 0 Å². The highest BCUT2D eigenvalue weighted by Crippen LogP contribution is 2.33. The fraction of sp³-hybridized carbons (Fsp3) is 0.263. The molecule has 29 heavy (non-hydrogen) atoms. The molecule has 0 saturated heterocycles. The number of benzene rings is 2. The quantitative estimate of drug-likeness (QED) is 0.518. The van der Waals surface area contributed by atoms with Crippen LogP contribution in [0.25, 0.3) is 11.0 Å². The number of aliphatic hydroxyl groups is 1. The number of furan rings is 1. The first kappa shape index (κ1) is 21.0. The van der Waals surface area contributed by atoms with Crippen LogP contribution in [0.15, 0.2) is 52.9 Å². The predicted octanol–water partition coefficient (Wildman–Crippen LogP) is 4.77. The van der Waals surface area contributed by atoms with E-state index in [-0.39, 0.29) is 12.4 Å². The van der Waals surface area contributed by atoms with Gasteiger partial charge in [-0.1, -0.05) is 12.1 Å². The summed E-state index contributed by atoms with van der Waals surface area (Å²) in [6.07, 6.45) is -6.18. The van der Waals surface area contributed by atoms with Crippen LogP contribution in [0.2, 0.25) is 0 Å². The number of rotatable bonds is 8. The fourth-order valence-corrected chi connectivity index (χ4v) is 3.56. The number of alkyl halides is 3. The van der Waals surface area contributed by atoms with E-state index in [0.717, 1.165) is 5.39 Å². The van der Waals surface area contributed by atoms with Crippen molar-refractivity contribution in [2.75, 3.05) is 5.75 Å². The van der Waals surface area contributed by atoms with E-state index in [1.165, 1.54) is 24.3 Å². The Kier molecular flexibility index (Phi) is 6.04. The maximum Gasteiger partial charge on any atom is 0.389 e. The molecule has 1 heterocycles. The van der Waals surface area contributed by atoms with Gasteiger partial charge in [0, 0.05) is 11.8 Å². The molecule has 0 saturated carbocycles. The van der Waals surface area contributed by atoms with Gasteiger partial charge < -0.3 is 18.4 Å². The van der Waals surface area contributed by atoms with E-state index in [0.29, 0.717) is 22.8 Å². The van der Waals surface area contributed by atoms with Crippen molar-refractivity contribution in [1.29, 1.82) is 0 Å². The molecule has 0 spiro atoms. The van der Waals surface area contributed by atoms with Gasteiger partial charge in [-0.2, -0.15) is 21.6 Å². The van der Waals surface area contributed by atoms with Gasteiger partial charge in [-0.15, -0.1) is 0 Å². The van der Waals surface area contributed by atoms with Crippen LogP contribution >= 0.6 is 0 Å². The highest BCUT2D eigenvalue weighted by atomic mass is 32.2. The minimum absolute atomic E-state index is 0.0388. The van der Waals surface area contributed by atoms with Crippen LogP contribution in [-0.2, 0) is 16.7 Å². The standard InChI is InChI=1S/C19H17F3O6S/c20-19(21,22)9-2-10-29(24,25)28-15-7-5-14(6-8-15)26-17-4-1-3-13-11-16(12-23)27-18(13)17/h1,3-8,11,23H,2,9-10,12H2. The molecule has 0 atom stereocenters. The van der Waals surface area contributed by atoms with Gasteiger partial charge in [0.25, 0.3) is 0 Å². The van der Waals surface area contributed by atoms with Crippen molar-refractivity contribution in [2.45, 2.75) is 25.6 Å². The largest absolute Gasteiger partial charge is 0.455 e. The summed E-state index contributed by atoms with van der Waals surface area (Å²) in [4.78, 5) is 0. The van der Waals surface area contributed by atoms with Crippen LogP contribution in [0.3, 0.4) is 0 Å². The zero-order chi connectivity index (χ0) is 21.1. The Morgan fingerprint density at radius 1 is 1.03 bits per heavy atom. The van der Waals surface area contributed by atoms with E-state index in [4.69, 9.17) is 13.3 Å². The summed E-state index contributed by atoms with van der Waals surface area (Å²) in [5.41, 5.74) is 0.448. The Hall–Kier alpha value is -2.72. The Morgan fingerprint density at radius 3 is 2.38 bits per heavy atom. The molecule has 0 aliphatic heterocycles. The van der Waals surface area contributed by atoms with E-state index in [1.54, 1.807) is 24.3 Å². The predicted molar refractivity (Wildman–Crippen MR) is 98.4 cm³/mol. The molecule has 1 N–H and O–H groups in total. The molecule has 6 nitrogen and oxygen atoms in total. The number of halogens is 3. The van der Waals surface area contributed by atoms with Crippen LogP contribution in [0.4, 0.5) is 13.2 Å². The molecule has 0 fully saturated rings. The van der Waals surface area contributed by atoms with E-state index in [1.807, 2.05) is 0 Å². The molecule has 0 bridgehead atoms. The second-order valence-corrected chi connectivity index (χ2v) is 7.87. The monoisotopic (exact) mass is 430 g/mol. The molecular formula is C19H17F3O6S. The van der Waals surface area contributed by atoms with Gasteiger partial charge in [-0.05, 0) is 42.8 Å². The number of hydrogen-bond donors (Lipinski definition) is 1. The number of ether oxygens (including phenoxy) is 1. The van der Waals surface area contributed by atoms with Gasteiger partial charge in [-0.25, -0.2) is 0 Å². The molecule has 2 aromatic carbocycles. The zero-order valence-electron chi connectivity index (χ0n) is 15.0. The minimum atomic E-state index is -4.41. The molecule has 0 aliphatic carbocycles. The lowest BCUT2D eigenvalue weighted by atomic mass is 10.2. The molecule has 1 aromatic heterocycles. The summed E-state index contributed by atoms with van der Waals surface area (Å²) in [6, 6.07) is 12.5. The van der Waals surface area contributed by atoms with E-state index in [2.05, 4.69) is 0 Å². The van der Waals surface area contributed by atoms with Gasteiger partial charge in [0.1, 0.15) is 23.9 Å². The van der Waals surface area contributed by atoms with Crippen LogP contribution in [0, 0.1) is 0 Å². The first-order valence-electron chi connectivity index (χ1n) is 8.54. The Morgan fingerprint density at radius 2 is 1.72 bits per heavy atom. The molecule has 0 aliphatic rings. The lowest BCUT2D eigenvalue weighted by Crippen LogP contribution is -2.16. The molecule has 156 valence electrons. The van der Waals surface area contributed by atoms with Crippen LogP contribution in [-0.4, -0.2) is 25.5 Å². The van der Waals surface area contributed by atoms with Crippen LogP contribution in [0.1, 0.15) is 18.6 Å². The van der Waals surface area contributed by atoms with Crippen LogP contribution in [0.5, 0.6) is 17.2 Å². The average Bonchev–Trinajstić information content (AvgIpc) is 3.06. The summed E-state index contributed by atoms with van der Waals surface area (Å²) in [5.74, 6) is 0.369. The summed E-state index contributed by atoms with van der Waals surface area (Å²) < 4.78 is 76.0. The van der Waals surface area contributed by atoms with Crippen molar-refractivity contribution in [3.8, 4) is 17.2 Å². The fourth-order valence-electron chi connectivity index (χ4n) is 2.58. The third-order valence-electron chi connectivity index (χ3n) is 3.84. The molecular weight excluding hydrogens is 413 g/mol. The normalized spacial score (nSPS) is 12.3. The molecule has 0 amide bonds. The van der Waals surface area contributed by atoms with Crippen molar-refractivity contribution in [1.82, 2.24) is 0 Å². The summed E-state index contributed by atoms with van der Waals surface area (Å²) in [7, 11) is -4.14. The smallest absolute Gasteiger partial charge is 0.389 e. The van der Waals surface area contributed by atoms with Crippen molar-refractivity contribution >= 4 is 21.1 Å². The number of aliphatic hydroxyl groups excluding tert-OH is 1. The number of para-hydroxylation sites is 1. The minimum Gasteiger partial charge on any atom is -0.455 e. The van der Waals surface area contributed by atoms with Gasteiger partial charge >= 0.3 is 16.3 Å².